The Morgan fingerprint density at radius 1 is 1.50 bits per heavy atom. The molecule has 2 nitrogen and oxygen atoms in total. The predicted molar refractivity (Wildman–Crippen MR) is 68.8 cm³/mol. The average molecular weight is 236 g/mol. The van der Waals surface area contributed by atoms with Crippen molar-refractivity contribution in [3.8, 4) is 0 Å². The average Bonchev–Trinajstić information content (AvgIpc) is 2.95. The molecule has 0 radical (unpaired) electrons. The molecule has 0 bridgehead atoms. The molecule has 3 rings (SSSR count). The Bertz CT molecular complexity index is 349. The first-order valence-electron chi connectivity index (χ1n) is 6.26. The van der Waals surface area contributed by atoms with Gasteiger partial charge >= 0.3 is 0 Å². The molecule has 1 aromatic heterocycles. The molecule has 3 heterocycles. The highest BCUT2D eigenvalue weighted by atomic mass is 32.1. The van der Waals surface area contributed by atoms with Gasteiger partial charge in [-0.1, -0.05) is 0 Å². The second kappa shape index (κ2) is 4.13. The van der Waals surface area contributed by atoms with Gasteiger partial charge in [-0.3, -0.25) is 4.90 Å². The van der Waals surface area contributed by atoms with Crippen LogP contribution in [0.3, 0.4) is 0 Å². The lowest BCUT2D eigenvalue weighted by atomic mass is 9.95. The highest BCUT2D eigenvalue weighted by Crippen LogP contribution is 2.38. The molecule has 2 fully saturated rings. The van der Waals surface area contributed by atoms with E-state index in [0.717, 1.165) is 17.9 Å². The van der Waals surface area contributed by atoms with E-state index in [0.29, 0.717) is 6.04 Å². The number of nitrogens with one attached hydrogen (secondary N) is 1. The molecule has 2 aliphatic heterocycles. The van der Waals surface area contributed by atoms with Crippen LogP contribution in [0, 0.1) is 11.8 Å². The van der Waals surface area contributed by atoms with Crippen LogP contribution in [0.4, 0.5) is 0 Å². The fourth-order valence-electron chi connectivity index (χ4n) is 3.42. The minimum Gasteiger partial charge on any atom is -0.316 e. The van der Waals surface area contributed by atoms with E-state index >= 15 is 0 Å². The van der Waals surface area contributed by atoms with Crippen LogP contribution in [0.25, 0.3) is 0 Å². The second-order valence-corrected chi connectivity index (χ2v) is 6.03. The summed E-state index contributed by atoms with van der Waals surface area (Å²) < 4.78 is 0. The monoisotopic (exact) mass is 236 g/mol. The first-order valence-corrected chi connectivity index (χ1v) is 7.20. The van der Waals surface area contributed by atoms with Crippen molar-refractivity contribution in [2.75, 3.05) is 19.6 Å². The van der Waals surface area contributed by atoms with Crippen molar-refractivity contribution in [2.45, 2.75) is 25.9 Å². The summed E-state index contributed by atoms with van der Waals surface area (Å²) in [6.07, 6.45) is 0. The fourth-order valence-corrected chi connectivity index (χ4v) is 4.16. The number of rotatable bonds is 2. The summed E-state index contributed by atoms with van der Waals surface area (Å²) >= 11 is 1.81. The lowest BCUT2D eigenvalue weighted by molar-refractivity contribution is 0.182. The predicted octanol–water partition coefficient (Wildman–Crippen LogP) is 2.35. The zero-order valence-electron chi connectivity index (χ0n) is 10.0. The van der Waals surface area contributed by atoms with Gasteiger partial charge in [0.25, 0.3) is 0 Å². The van der Waals surface area contributed by atoms with Gasteiger partial charge in [-0.05, 0) is 61.2 Å². The summed E-state index contributed by atoms with van der Waals surface area (Å²) in [6.45, 7) is 8.48. The van der Waals surface area contributed by atoms with Gasteiger partial charge in [0.05, 0.1) is 0 Å². The first kappa shape index (κ1) is 10.8. The Morgan fingerprint density at radius 2 is 2.38 bits per heavy atom. The molecule has 1 aromatic rings. The number of hydrogen-bond donors (Lipinski definition) is 1. The Labute approximate surface area is 102 Å². The summed E-state index contributed by atoms with van der Waals surface area (Å²) in [6, 6.07) is 3.59. The Kier molecular flexibility index (Phi) is 2.78. The Morgan fingerprint density at radius 3 is 3.06 bits per heavy atom. The third kappa shape index (κ3) is 1.62. The first-order chi connectivity index (χ1) is 7.77. The molecule has 0 aromatic carbocycles. The number of likely N-dealkylation sites (tertiary alicyclic amines) is 1. The van der Waals surface area contributed by atoms with Crippen LogP contribution in [0.15, 0.2) is 16.8 Å². The second-order valence-electron chi connectivity index (χ2n) is 5.25. The lowest BCUT2D eigenvalue weighted by Crippen LogP contribution is -2.35. The van der Waals surface area contributed by atoms with Crippen molar-refractivity contribution >= 4 is 11.3 Å². The summed E-state index contributed by atoms with van der Waals surface area (Å²) in [7, 11) is 0. The highest BCUT2D eigenvalue weighted by molar-refractivity contribution is 7.07. The summed E-state index contributed by atoms with van der Waals surface area (Å²) in [5, 5.41) is 8.01. The minimum absolute atomic E-state index is 0.590. The zero-order chi connectivity index (χ0) is 11.1. The fraction of sp³-hybridized carbons (Fsp3) is 0.692. The van der Waals surface area contributed by atoms with Crippen molar-refractivity contribution in [1.82, 2.24) is 10.2 Å². The SMILES string of the molecule is CC(c1ccsc1)N1CC2CNCC2C1C. The number of thiophene rings is 1. The molecule has 3 heteroatoms. The molecule has 0 spiro atoms. The van der Waals surface area contributed by atoms with Crippen LogP contribution < -0.4 is 5.32 Å². The molecule has 88 valence electrons. The van der Waals surface area contributed by atoms with E-state index in [1.807, 2.05) is 11.3 Å². The van der Waals surface area contributed by atoms with Gasteiger partial charge in [0.2, 0.25) is 0 Å². The van der Waals surface area contributed by atoms with E-state index in [9.17, 15) is 0 Å². The van der Waals surface area contributed by atoms with Crippen molar-refractivity contribution < 1.29 is 0 Å². The number of fused-ring (bicyclic) bond motifs is 1. The maximum absolute atomic E-state index is 3.52. The number of nitrogens with zero attached hydrogens (tertiary/aromatic N) is 1. The zero-order valence-corrected chi connectivity index (χ0v) is 10.8. The normalized spacial score (nSPS) is 36.5. The van der Waals surface area contributed by atoms with Crippen LogP contribution in [0.1, 0.15) is 25.5 Å². The quantitative estimate of drug-likeness (QED) is 0.848. The maximum Gasteiger partial charge on any atom is 0.0331 e. The van der Waals surface area contributed by atoms with Gasteiger partial charge in [0.1, 0.15) is 0 Å². The van der Waals surface area contributed by atoms with Gasteiger partial charge in [-0.2, -0.15) is 11.3 Å². The van der Waals surface area contributed by atoms with Gasteiger partial charge < -0.3 is 5.32 Å². The van der Waals surface area contributed by atoms with Crippen molar-refractivity contribution in [2.24, 2.45) is 11.8 Å². The third-order valence-electron chi connectivity index (χ3n) is 4.50. The van der Waals surface area contributed by atoms with Crippen LogP contribution in [-0.2, 0) is 0 Å². The molecular formula is C13H20N2S. The van der Waals surface area contributed by atoms with Crippen LogP contribution in [0.2, 0.25) is 0 Å². The smallest absolute Gasteiger partial charge is 0.0331 e. The maximum atomic E-state index is 3.52. The van der Waals surface area contributed by atoms with E-state index in [-0.39, 0.29) is 0 Å². The van der Waals surface area contributed by atoms with Gasteiger partial charge in [-0.15, -0.1) is 0 Å². The van der Waals surface area contributed by atoms with E-state index in [2.05, 4.69) is 40.9 Å². The topological polar surface area (TPSA) is 15.3 Å². The van der Waals surface area contributed by atoms with Crippen LogP contribution >= 0.6 is 11.3 Å². The van der Waals surface area contributed by atoms with E-state index < -0.39 is 0 Å². The Hall–Kier alpha value is -0.380. The van der Waals surface area contributed by atoms with E-state index in [1.165, 1.54) is 25.2 Å². The third-order valence-corrected chi connectivity index (χ3v) is 5.20. The van der Waals surface area contributed by atoms with E-state index in [4.69, 9.17) is 0 Å². The largest absolute Gasteiger partial charge is 0.316 e. The van der Waals surface area contributed by atoms with Gasteiger partial charge in [0.15, 0.2) is 0 Å². The standard InChI is InChI=1S/C13H20N2S/c1-9(11-3-4-16-8-11)15-7-12-5-14-6-13(12)10(15)2/h3-4,8-10,12-14H,5-7H2,1-2H3. The van der Waals surface area contributed by atoms with Gasteiger partial charge in [0, 0.05) is 18.6 Å². The molecule has 0 saturated carbocycles. The summed E-state index contributed by atoms with van der Waals surface area (Å²) in [5.74, 6) is 1.76. The summed E-state index contributed by atoms with van der Waals surface area (Å²) in [4.78, 5) is 2.69. The van der Waals surface area contributed by atoms with Crippen molar-refractivity contribution in [3.63, 3.8) is 0 Å². The lowest BCUT2D eigenvalue weighted by Gasteiger charge is -2.30. The molecule has 0 amide bonds. The molecule has 0 aliphatic carbocycles. The summed E-state index contributed by atoms with van der Waals surface area (Å²) in [5.41, 5.74) is 1.49. The van der Waals surface area contributed by atoms with E-state index in [1.54, 1.807) is 0 Å². The van der Waals surface area contributed by atoms with Crippen molar-refractivity contribution in [3.05, 3.63) is 22.4 Å². The molecule has 4 unspecified atom stereocenters. The highest BCUT2D eigenvalue weighted by Gasteiger charge is 2.43. The molecule has 1 N–H and O–H groups in total. The number of hydrogen-bond acceptors (Lipinski definition) is 3. The minimum atomic E-state index is 0.590. The molecule has 2 aliphatic rings. The Balaban J connectivity index is 1.77. The molecule has 2 saturated heterocycles. The van der Waals surface area contributed by atoms with Crippen LogP contribution in [-0.4, -0.2) is 30.6 Å². The molecular weight excluding hydrogens is 216 g/mol. The van der Waals surface area contributed by atoms with Crippen LogP contribution in [0.5, 0.6) is 0 Å². The van der Waals surface area contributed by atoms with Gasteiger partial charge in [-0.25, -0.2) is 0 Å². The van der Waals surface area contributed by atoms with Crippen molar-refractivity contribution in [1.29, 1.82) is 0 Å². The molecule has 4 atom stereocenters. The molecule has 16 heavy (non-hydrogen) atoms.